The van der Waals surface area contributed by atoms with Gasteiger partial charge in [0.25, 0.3) is 0 Å². The molecule has 3 nitrogen and oxygen atoms in total. The van der Waals surface area contributed by atoms with Crippen LogP contribution in [0.5, 0.6) is 0 Å². The minimum Gasteiger partial charge on any atom is -0.351 e. The van der Waals surface area contributed by atoms with Gasteiger partial charge in [0.15, 0.2) is 0 Å². The molecule has 70 valence electrons. The Hall–Kier alpha value is -0.220. The van der Waals surface area contributed by atoms with Gasteiger partial charge in [-0.2, -0.15) is 11.8 Å². The van der Waals surface area contributed by atoms with Crippen molar-refractivity contribution in [1.29, 1.82) is 0 Å². The van der Waals surface area contributed by atoms with E-state index in [2.05, 4.69) is 10.6 Å². The molecule has 0 unspecified atom stereocenters. The van der Waals surface area contributed by atoms with Crippen LogP contribution in [0.25, 0.3) is 0 Å². The molecule has 1 aliphatic rings. The van der Waals surface area contributed by atoms with Crippen molar-refractivity contribution in [3.8, 4) is 0 Å². The normalized spacial score (nSPS) is 23.6. The maximum atomic E-state index is 11.2. The number of carbonyl (C=O) groups is 1. The van der Waals surface area contributed by atoms with Crippen molar-refractivity contribution in [2.45, 2.75) is 18.9 Å². The summed E-state index contributed by atoms with van der Waals surface area (Å²) in [6.45, 7) is 2.02. The molecule has 0 radical (unpaired) electrons. The van der Waals surface area contributed by atoms with Gasteiger partial charge in [0.2, 0.25) is 5.91 Å². The van der Waals surface area contributed by atoms with Gasteiger partial charge < -0.3 is 10.6 Å². The van der Waals surface area contributed by atoms with Crippen molar-refractivity contribution in [3.63, 3.8) is 0 Å². The standard InChI is InChI=1S/C8H16N2OS/c1-12-6-8(11)10-7-3-2-4-9-5-7/h7,9H,2-6H2,1H3,(H,10,11)/t7-/m1/s1. The lowest BCUT2D eigenvalue weighted by molar-refractivity contribution is -0.119. The molecule has 4 heteroatoms. The van der Waals surface area contributed by atoms with Crippen LogP contribution in [-0.4, -0.2) is 37.0 Å². The van der Waals surface area contributed by atoms with Crippen molar-refractivity contribution in [3.05, 3.63) is 0 Å². The summed E-state index contributed by atoms with van der Waals surface area (Å²) in [5.74, 6) is 0.743. The molecule has 0 spiro atoms. The van der Waals surface area contributed by atoms with Crippen LogP contribution in [0.1, 0.15) is 12.8 Å². The molecule has 1 saturated heterocycles. The first kappa shape index (κ1) is 9.86. The van der Waals surface area contributed by atoms with E-state index in [1.54, 1.807) is 11.8 Å². The maximum Gasteiger partial charge on any atom is 0.230 e. The number of nitrogens with one attached hydrogen (secondary N) is 2. The summed E-state index contributed by atoms with van der Waals surface area (Å²) in [5, 5.41) is 6.26. The molecule has 1 heterocycles. The third-order valence-corrected chi connectivity index (χ3v) is 2.49. The molecule has 0 bridgehead atoms. The van der Waals surface area contributed by atoms with E-state index >= 15 is 0 Å². The summed E-state index contributed by atoms with van der Waals surface area (Å²) in [6.07, 6.45) is 4.23. The largest absolute Gasteiger partial charge is 0.351 e. The van der Waals surface area contributed by atoms with Gasteiger partial charge in [0, 0.05) is 12.6 Å². The van der Waals surface area contributed by atoms with Gasteiger partial charge in [-0.15, -0.1) is 0 Å². The van der Waals surface area contributed by atoms with Crippen LogP contribution in [0.4, 0.5) is 0 Å². The monoisotopic (exact) mass is 188 g/mol. The van der Waals surface area contributed by atoms with Gasteiger partial charge in [-0.25, -0.2) is 0 Å². The topological polar surface area (TPSA) is 41.1 Å². The Balaban J connectivity index is 2.15. The molecular formula is C8H16N2OS. The Morgan fingerprint density at radius 1 is 1.75 bits per heavy atom. The zero-order valence-corrected chi connectivity index (χ0v) is 8.25. The van der Waals surface area contributed by atoms with E-state index in [-0.39, 0.29) is 5.91 Å². The fourth-order valence-electron chi connectivity index (χ4n) is 1.38. The highest BCUT2D eigenvalue weighted by Gasteiger charge is 2.14. The van der Waals surface area contributed by atoms with Crippen molar-refractivity contribution >= 4 is 17.7 Å². The van der Waals surface area contributed by atoms with Gasteiger partial charge in [-0.3, -0.25) is 4.79 Å². The third-order valence-electron chi connectivity index (χ3n) is 1.94. The van der Waals surface area contributed by atoms with Crippen LogP contribution in [0.3, 0.4) is 0 Å². The molecule has 1 fully saturated rings. The number of piperidine rings is 1. The van der Waals surface area contributed by atoms with Crippen molar-refractivity contribution < 1.29 is 4.79 Å². The molecule has 0 aromatic rings. The van der Waals surface area contributed by atoms with Crippen LogP contribution >= 0.6 is 11.8 Å². The number of thioether (sulfide) groups is 1. The highest BCUT2D eigenvalue weighted by atomic mass is 32.2. The second-order valence-corrected chi connectivity index (χ2v) is 3.91. The summed E-state index contributed by atoms with van der Waals surface area (Å²) in [5.41, 5.74) is 0. The first-order valence-corrected chi connectivity index (χ1v) is 5.71. The van der Waals surface area contributed by atoms with Gasteiger partial charge in [-0.1, -0.05) is 0 Å². The lowest BCUT2D eigenvalue weighted by Gasteiger charge is -2.23. The Morgan fingerprint density at radius 2 is 2.58 bits per heavy atom. The van der Waals surface area contributed by atoms with E-state index in [1.807, 2.05) is 6.26 Å². The second-order valence-electron chi connectivity index (χ2n) is 3.04. The SMILES string of the molecule is CSCC(=O)N[C@@H]1CCCNC1. The lowest BCUT2D eigenvalue weighted by Crippen LogP contribution is -2.46. The molecule has 2 N–H and O–H groups in total. The van der Waals surface area contributed by atoms with Crippen LogP contribution in [0.2, 0.25) is 0 Å². The van der Waals surface area contributed by atoms with E-state index in [9.17, 15) is 4.79 Å². The summed E-state index contributed by atoms with van der Waals surface area (Å²) >= 11 is 1.57. The lowest BCUT2D eigenvalue weighted by atomic mass is 10.1. The van der Waals surface area contributed by atoms with Gasteiger partial charge >= 0.3 is 0 Å². The summed E-state index contributed by atoms with van der Waals surface area (Å²) in [7, 11) is 0. The first-order chi connectivity index (χ1) is 5.83. The van der Waals surface area contributed by atoms with Gasteiger partial charge in [0.1, 0.15) is 0 Å². The highest BCUT2D eigenvalue weighted by Crippen LogP contribution is 2.01. The van der Waals surface area contributed by atoms with Crippen LogP contribution < -0.4 is 10.6 Å². The average molecular weight is 188 g/mol. The predicted molar refractivity (Wildman–Crippen MR) is 52.4 cm³/mol. The molecule has 0 aliphatic carbocycles. The molecule has 12 heavy (non-hydrogen) atoms. The molecule has 1 rings (SSSR count). The number of rotatable bonds is 3. The number of carbonyl (C=O) groups excluding carboxylic acids is 1. The number of hydrogen-bond donors (Lipinski definition) is 2. The number of hydrogen-bond acceptors (Lipinski definition) is 3. The minimum absolute atomic E-state index is 0.163. The van der Waals surface area contributed by atoms with E-state index in [4.69, 9.17) is 0 Å². The fraction of sp³-hybridized carbons (Fsp3) is 0.875. The average Bonchev–Trinajstić information content (AvgIpc) is 2.06. The zero-order chi connectivity index (χ0) is 8.81. The fourth-order valence-corrected chi connectivity index (χ4v) is 1.72. The highest BCUT2D eigenvalue weighted by molar-refractivity contribution is 7.99. The first-order valence-electron chi connectivity index (χ1n) is 4.32. The zero-order valence-electron chi connectivity index (χ0n) is 7.43. The summed E-state index contributed by atoms with van der Waals surface area (Å²) in [4.78, 5) is 11.2. The molecule has 0 saturated carbocycles. The Kier molecular flexibility index (Phi) is 4.46. The van der Waals surface area contributed by atoms with Crippen molar-refractivity contribution in [1.82, 2.24) is 10.6 Å². The molecule has 1 amide bonds. The minimum atomic E-state index is 0.163. The van der Waals surface area contributed by atoms with Crippen molar-refractivity contribution in [2.75, 3.05) is 25.1 Å². The Bertz CT molecular complexity index is 146. The second kappa shape index (κ2) is 5.43. The molecule has 0 aromatic heterocycles. The smallest absolute Gasteiger partial charge is 0.230 e. The van der Waals surface area contributed by atoms with Gasteiger partial charge in [-0.05, 0) is 25.6 Å². The van der Waals surface area contributed by atoms with Crippen LogP contribution in [0, 0.1) is 0 Å². The van der Waals surface area contributed by atoms with E-state index in [0.29, 0.717) is 11.8 Å². The van der Waals surface area contributed by atoms with E-state index in [1.165, 1.54) is 6.42 Å². The van der Waals surface area contributed by atoms with E-state index in [0.717, 1.165) is 19.5 Å². The van der Waals surface area contributed by atoms with Crippen LogP contribution in [-0.2, 0) is 4.79 Å². The molecule has 0 aromatic carbocycles. The van der Waals surface area contributed by atoms with E-state index < -0.39 is 0 Å². The third kappa shape index (κ3) is 3.45. The Morgan fingerprint density at radius 3 is 3.17 bits per heavy atom. The predicted octanol–water partition coefficient (Wildman–Crippen LogP) is 0.218. The molecule has 1 aliphatic heterocycles. The Labute approximate surface area is 77.7 Å². The quantitative estimate of drug-likeness (QED) is 0.665. The summed E-state index contributed by atoms with van der Waals surface area (Å²) in [6, 6.07) is 0.360. The van der Waals surface area contributed by atoms with Crippen LogP contribution in [0.15, 0.2) is 0 Å². The number of amides is 1. The summed E-state index contributed by atoms with van der Waals surface area (Å²) < 4.78 is 0. The molecule has 1 atom stereocenters. The maximum absolute atomic E-state index is 11.2. The van der Waals surface area contributed by atoms with Gasteiger partial charge in [0.05, 0.1) is 5.75 Å². The molecular weight excluding hydrogens is 172 g/mol. The van der Waals surface area contributed by atoms with Crippen molar-refractivity contribution in [2.24, 2.45) is 0 Å².